The Labute approximate surface area is 116 Å². The monoisotopic (exact) mass is 327 g/mol. The van der Waals surface area contributed by atoms with Crippen LogP contribution in [0.2, 0.25) is 0 Å². The van der Waals surface area contributed by atoms with E-state index in [0.717, 1.165) is 9.35 Å². The van der Waals surface area contributed by atoms with Crippen LogP contribution in [0.15, 0.2) is 27.6 Å². The van der Waals surface area contributed by atoms with Crippen molar-refractivity contribution in [1.82, 2.24) is 9.97 Å². The molecule has 0 radical (unpaired) electrons. The number of hydrogen-bond acceptors (Lipinski definition) is 5. The van der Waals surface area contributed by atoms with Gasteiger partial charge in [-0.3, -0.25) is 0 Å². The Morgan fingerprint density at radius 1 is 1.50 bits per heavy atom. The van der Waals surface area contributed by atoms with Crippen molar-refractivity contribution in [2.24, 2.45) is 0 Å². The number of carbonyl (C=O) groups is 1. The van der Waals surface area contributed by atoms with Crippen LogP contribution in [0.3, 0.4) is 0 Å². The number of hydrogen-bond donors (Lipinski definition) is 1. The molecular weight excluding hydrogens is 318 g/mol. The van der Waals surface area contributed by atoms with Crippen LogP contribution >= 0.6 is 27.3 Å². The fourth-order valence-electron chi connectivity index (χ4n) is 1.54. The molecule has 7 heteroatoms. The van der Waals surface area contributed by atoms with Crippen LogP contribution < -0.4 is 4.90 Å². The number of aromatic nitrogens is 2. The van der Waals surface area contributed by atoms with E-state index < -0.39 is 5.97 Å². The summed E-state index contributed by atoms with van der Waals surface area (Å²) in [5, 5.41) is 11.1. The van der Waals surface area contributed by atoms with Gasteiger partial charge in [-0.1, -0.05) is 0 Å². The molecule has 0 saturated heterocycles. The van der Waals surface area contributed by atoms with E-state index in [2.05, 4.69) is 25.9 Å². The molecule has 1 N–H and O–H groups in total. The number of nitrogens with zero attached hydrogens (tertiary/aromatic N) is 3. The molecule has 2 aromatic rings. The quantitative estimate of drug-likeness (QED) is 0.935. The molecule has 0 unspecified atom stereocenters. The minimum atomic E-state index is -1.07. The number of carboxylic acids is 1. The number of anilines is 1. The van der Waals surface area contributed by atoms with E-state index in [1.807, 2.05) is 11.4 Å². The van der Waals surface area contributed by atoms with Gasteiger partial charge in [-0.25, -0.2) is 14.8 Å². The summed E-state index contributed by atoms with van der Waals surface area (Å²) in [4.78, 5) is 20.7. The molecule has 0 fully saturated rings. The zero-order chi connectivity index (χ0) is 13.1. The third-order valence-electron chi connectivity index (χ3n) is 2.28. The van der Waals surface area contributed by atoms with Crippen molar-refractivity contribution in [2.75, 3.05) is 11.9 Å². The minimum absolute atomic E-state index is 0.0331. The van der Waals surface area contributed by atoms with Gasteiger partial charge in [-0.05, 0) is 32.9 Å². The molecule has 5 nitrogen and oxygen atoms in total. The highest BCUT2D eigenvalue weighted by Gasteiger charge is 2.16. The van der Waals surface area contributed by atoms with Gasteiger partial charge in [0.1, 0.15) is 0 Å². The number of rotatable bonds is 4. The minimum Gasteiger partial charge on any atom is -0.476 e. The lowest BCUT2D eigenvalue weighted by atomic mass is 10.3. The average Bonchev–Trinajstić information content (AvgIpc) is 2.74. The first kappa shape index (κ1) is 13.0. The Kier molecular flexibility index (Phi) is 3.93. The normalized spacial score (nSPS) is 10.3. The van der Waals surface area contributed by atoms with Gasteiger partial charge in [0.2, 0.25) is 0 Å². The van der Waals surface area contributed by atoms with Gasteiger partial charge in [-0.2, -0.15) is 0 Å². The van der Waals surface area contributed by atoms with E-state index in [9.17, 15) is 4.79 Å². The fraction of sp³-hybridized carbons (Fsp3) is 0.182. The van der Waals surface area contributed by atoms with Crippen LogP contribution in [0.1, 0.15) is 16.1 Å². The second-order valence-electron chi connectivity index (χ2n) is 3.65. The Bertz CT molecular complexity index is 573. The van der Waals surface area contributed by atoms with Crippen molar-refractivity contribution in [3.8, 4) is 0 Å². The predicted octanol–water partition coefficient (Wildman–Crippen LogP) is 2.64. The van der Waals surface area contributed by atoms with E-state index in [1.54, 1.807) is 23.3 Å². The highest BCUT2D eigenvalue weighted by molar-refractivity contribution is 9.11. The van der Waals surface area contributed by atoms with Gasteiger partial charge in [0.05, 0.1) is 3.79 Å². The van der Waals surface area contributed by atoms with Crippen LogP contribution in [0, 0.1) is 0 Å². The highest BCUT2D eigenvalue weighted by atomic mass is 79.9. The number of carboxylic acid groups (broad SMARTS) is 1. The largest absolute Gasteiger partial charge is 0.476 e. The fourth-order valence-corrected chi connectivity index (χ4v) is 2.74. The van der Waals surface area contributed by atoms with Gasteiger partial charge in [0.25, 0.3) is 0 Å². The van der Waals surface area contributed by atoms with Crippen molar-refractivity contribution < 1.29 is 9.90 Å². The predicted molar refractivity (Wildman–Crippen MR) is 73.1 cm³/mol. The summed E-state index contributed by atoms with van der Waals surface area (Å²) in [5.41, 5.74) is 1.06. The lowest BCUT2D eigenvalue weighted by Crippen LogP contribution is -2.21. The Hall–Kier alpha value is -1.47. The van der Waals surface area contributed by atoms with Crippen molar-refractivity contribution in [2.45, 2.75) is 6.54 Å². The molecule has 0 aliphatic carbocycles. The van der Waals surface area contributed by atoms with Crippen molar-refractivity contribution in [1.29, 1.82) is 0 Å². The van der Waals surface area contributed by atoms with Gasteiger partial charge < -0.3 is 10.0 Å². The molecule has 2 heterocycles. The molecule has 0 aliphatic rings. The van der Waals surface area contributed by atoms with E-state index in [0.29, 0.717) is 12.4 Å². The lowest BCUT2D eigenvalue weighted by Gasteiger charge is -2.18. The Balaban J connectivity index is 2.23. The average molecular weight is 328 g/mol. The molecule has 94 valence electrons. The first-order chi connectivity index (χ1) is 8.58. The second-order valence-corrected chi connectivity index (χ2v) is 5.94. The molecule has 0 bridgehead atoms. The molecule has 0 aromatic carbocycles. The van der Waals surface area contributed by atoms with E-state index in [1.165, 1.54) is 12.4 Å². The second kappa shape index (κ2) is 5.45. The van der Waals surface area contributed by atoms with Crippen molar-refractivity contribution >= 4 is 39.1 Å². The van der Waals surface area contributed by atoms with Crippen LogP contribution in [-0.4, -0.2) is 28.1 Å². The van der Waals surface area contributed by atoms with Crippen LogP contribution in [0.4, 0.5) is 5.82 Å². The van der Waals surface area contributed by atoms with Crippen LogP contribution in [-0.2, 0) is 6.54 Å². The molecule has 0 aliphatic heterocycles. The van der Waals surface area contributed by atoms with Gasteiger partial charge >= 0.3 is 5.97 Å². The number of halogens is 1. The number of thiophene rings is 1. The lowest BCUT2D eigenvalue weighted by molar-refractivity contribution is 0.0690. The van der Waals surface area contributed by atoms with Gasteiger partial charge in [0, 0.05) is 26.0 Å². The Morgan fingerprint density at radius 2 is 2.22 bits per heavy atom. The third kappa shape index (κ3) is 2.85. The topological polar surface area (TPSA) is 66.3 Å². The third-order valence-corrected chi connectivity index (χ3v) is 3.84. The first-order valence-corrected chi connectivity index (χ1v) is 6.73. The Morgan fingerprint density at radius 3 is 2.83 bits per heavy atom. The van der Waals surface area contributed by atoms with E-state index >= 15 is 0 Å². The maximum Gasteiger partial charge on any atom is 0.358 e. The standard InChI is InChI=1S/C11H10BrN3O2S/c1-15(5-7-4-8(12)18-6-7)10-9(11(16)17)13-2-3-14-10/h2-4,6H,5H2,1H3,(H,16,17). The van der Waals surface area contributed by atoms with Crippen LogP contribution in [0.5, 0.6) is 0 Å². The summed E-state index contributed by atoms with van der Waals surface area (Å²) < 4.78 is 1.04. The molecule has 0 spiro atoms. The zero-order valence-electron chi connectivity index (χ0n) is 9.50. The molecule has 2 aromatic heterocycles. The summed E-state index contributed by atoms with van der Waals surface area (Å²) in [6, 6.07) is 2.00. The summed E-state index contributed by atoms with van der Waals surface area (Å²) >= 11 is 4.98. The molecule has 0 amide bonds. The molecule has 0 saturated carbocycles. The maximum absolute atomic E-state index is 11.0. The summed E-state index contributed by atoms with van der Waals surface area (Å²) in [6.07, 6.45) is 2.86. The molecular formula is C11H10BrN3O2S. The van der Waals surface area contributed by atoms with E-state index in [-0.39, 0.29) is 5.69 Å². The summed E-state index contributed by atoms with van der Waals surface area (Å²) in [6.45, 7) is 0.584. The smallest absolute Gasteiger partial charge is 0.358 e. The molecule has 0 atom stereocenters. The molecule has 18 heavy (non-hydrogen) atoms. The van der Waals surface area contributed by atoms with Crippen LogP contribution in [0.25, 0.3) is 0 Å². The first-order valence-electron chi connectivity index (χ1n) is 5.06. The highest BCUT2D eigenvalue weighted by Crippen LogP contribution is 2.23. The summed E-state index contributed by atoms with van der Waals surface area (Å²) in [7, 11) is 1.79. The van der Waals surface area contributed by atoms with Gasteiger partial charge in [0.15, 0.2) is 11.5 Å². The summed E-state index contributed by atoms with van der Waals surface area (Å²) in [5.74, 6) is -0.705. The van der Waals surface area contributed by atoms with Crippen molar-refractivity contribution in [3.05, 3.63) is 38.9 Å². The zero-order valence-corrected chi connectivity index (χ0v) is 11.9. The number of aromatic carboxylic acids is 1. The van der Waals surface area contributed by atoms with Gasteiger partial charge in [-0.15, -0.1) is 11.3 Å². The maximum atomic E-state index is 11.0. The SMILES string of the molecule is CN(Cc1csc(Br)c1)c1nccnc1C(=O)O. The van der Waals surface area contributed by atoms with Crippen molar-refractivity contribution in [3.63, 3.8) is 0 Å². The van der Waals surface area contributed by atoms with E-state index in [4.69, 9.17) is 5.11 Å². The molecule has 2 rings (SSSR count).